The fourth-order valence-corrected chi connectivity index (χ4v) is 4.71. The number of methoxy groups -OCH3 is 1. The number of imide groups is 1. The van der Waals surface area contributed by atoms with Crippen LogP contribution in [0.5, 0.6) is 5.75 Å². The van der Waals surface area contributed by atoms with E-state index in [2.05, 4.69) is 5.32 Å². The van der Waals surface area contributed by atoms with Gasteiger partial charge in [-0.25, -0.2) is 4.79 Å². The molecule has 180 valence electrons. The maximum atomic E-state index is 12.9. The van der Waals surface area contributed by atoms with Crippen LogP contribution in [0.1, 0.15) is 46.0 Å². The van der Waals surface area contributed by atoms with Gasteiger partial charge in [0.1, 0.15) is 16.3 Å². The first-order chi connectivity index (χ1) is 16.9. The summed E-state index contributed by atoms with van der Waals surface area (Å²) in [5.41, 5.74) is 2.86. The molecule has 35 heavy (non-hydrogen) atoms. The highest BCUT2D eigenvalue weighted by molar-refractivity contribution is 7.15. The number of benzene rings is 2. The van der Waals surface area contributed by atoms with Crippen LogP contribution in [0.15, 0.2) is 53.9 Å². The Hall–Kier alpha value is -3.98. The van der Waals surface area contributed by atoms with Gasteiger partial charge in [-0.3, -0.25) is 19.3 Å². The minimum absolute atomic E-state index is 0.183. The standard InChI is InChI=1S/C26H24N2O6S/c1-3-34-26(32)23-20(17-8-10-19(33-2)11-9-17)15-35-25(23)27-24(31)18-6-4-16(5-7-18)14-28-21(29)12-13-22(28)30/h4-11,15H,3,12-14H2,1-2H3,(H,27,31). The highest BCUT2D eigenvalue weighted by atomic mass is 32.1. The molecule has 2 aromatic carbocycles. The SMILES string of the molecule is CCOC(=O)c1c(-c2ccc(OC)cc2)csc1NC(=O)c1ccc(CN2C(=O)CCC2=O)cc1. The average molecular weight is 493 g/mol. The molecule has 3 amide bonds. The van der Waals surface area contributed by atoms with Crippen molar-refractivity contribution in [3.63, 3.8) is 0 Å². The molecule has 0 spiro atoms. The molecule has 4 rings (SSSR count). The lowest BCUT2D eigenvalue weighted by Crippen LogP contribution is -2.28. The van der Waals surface area contributed by atoms with Crippen molar-refractivity contribution >= 4 is 40.0 Å². The zero-order valence-corrected chi connectivity index (χ0v) is 20.1. The summed E-state index contributed by atoms with van der Waals surface area (Å²) in [7, 11) is 1.58. The normalized spacial score (nSPS) is 13.1. The van der Waals surface area contributed by atoms with Gasteiger partial charge in [0.25, 0.3) is 5.91 Å². The molecule has 0 radical (unpaired) electrons. The number of thiophene rings is 1. The largest absolute Gasteiger partial charge is 0.497 e. The lowest BCUT2D eigenvalue weighted by molar-refractivity contribution is -0.139. The predicted octanol–water partition coefficient (Wildman–Crippen LogP) is 4.50. The first-order valence-corrected chi connectivity index (χ1v) is 12.0. The lowest BCUT2D eigenvalue weighted by atomic mass is 10.0. The van der Waals surface area contributed by atoms with Crippen molar-refractivity contribution in [2.75, 3.05) is 19.0 Å². The van der Waals surface area contributed by atoms with E-state index in [4.69, 9.17) is 9.47 Å². The number of nitrogens with one attached hydrogen (secondary N) is 1. The Balaban J connectivity index is 1.54. The minimum Gasteiger partial charge on any atom is -0.497 e. The summed E-state index contributed by atoms with van der Waals surface area (Å²) < 4.78 is 10.5. The third-order valence-electron chi connectivity index (χ3n) is 5.61. The third-order valence-corrected chi connectivity index (χ3v) is 6.51. The van der Waals surface area contributed by atoms with E-state index in [0.29, 0.717) is 21.9 Å². The van der Waals surface area contributed by atoms with Crippen molar-refractivity contribution in [3.8, 4) is 16.9 Å². The molecule has 0 atom stereocenters. The number of hydrogen-bond donors (Lipinski definition) is 1. The van der Waals surface area contributed by atoms with E-state index < -0.39 is 11.9 Å². The Morgan fingerprint density at radius 3 is 2.26 bits per heavy atom. The Kier molecular flexibility index (Phi) is 7.26. The van der Waals surface area contributed by atoms with Crippen molar-refractivity contribution in [1.82, 2.24) is 4.90 Å². The summed E-state index contributed by atoms with van der Waals surface area (Å²) in [6.07, 6.45) is 0.475. The molecular formula is C26H24N2O6S. The summed E-state index contributed by atoms with van der Waals surface area (Å²) in [5.74, 6) is -0.594. The molecule has 1 aliphatic rings. The zero-order chi connectivity index (χ0) is 24.9. The van der Waals surface area contributed by atoms with Gasteiger partial charge in [-0.1, -0.05) is 24.3 Å². The molecule has 1 saturated heterocycles. The van der Waals surface area contributed by atoms with Gasteiger partial charge in [0.2, 0.25) is 11.8 Å². The van der Waals surface area contributed by atoms with E-state index >= 15 is 0 Å². The Morgan fingerprint density at radius 1 is 1.00 bits per heavy atom. The maximum Gasteiger partial charge on any atom is 0.341 e. The Morgan fingerprint density at radius 2 is 1.66 bits per heavy atom. The van der Waals surface area contributed by atoms with Crippen LogP contribution >= 0.6 is 11.3 Å². The summed E-state index contributed by atoms with van der Waals surface area (Å²) in [6, 6.07) is 13.9. The number of nitrogens with zero attached hydrogens (tertiary/aromatic N) is 1. The molecule has 1 fully saturated rings. The molecule has 0 aliphatic carbocycles. The van der Waals surface area contributed by atoms with Crippen LogP contribution in [0.25, 0.3) is 11.1 Å². The highest BCUT2D eigenvalue weighted by Gasteiger charge is 2.28. The number of esters is 1. The molecule has 0 bridgehead atoms. The van der Waals surface area contributed by atoms with Gasteiger partial charge >= 0.3 is 5.97 Å². The second kappa shape index (κ2) is 10.5. The van der Waals surface area contributed by atoms with E-state index in [1.165, 1.54) is 16.2 Å². The number of anilines is 1. The van der Waals surface area contributed by atoms with Crippen LogP contribution in [0, 0.1) is 0 Å². The molecule has 1 aromatic heterocycles. The predicted molar refractivity (Wildman–Crippen MR) is 131 cm³/mol. The summed E-state index contributed by atoms with van der Waals surface area (Å²) >= 11 is 1.24. The van der Waals surface area contributed by atoms with Gasteiger partial charge in [0, 0.05) is 29.3 Å². The molecule has 3 aromatic rings. The fraction of sp³-hybridized carbons (Fsp3) is 0.231. The number of carbonyl (C=O) groups excluding carboxylic acids is 4. The Bertz CT molecular complexity index is 1250. The molecule has 2 heterocycles. The smallest absolute Gasteiger partial charge is 0.341 e. The van der Waals surface area contributed by atoms with Gasteiger partial charge in [0.05, 0.1) is 20.3 Å². The van der Waals surface area contributed by atoms with Crippen molar-refractivity contribution < 1.29 is 28.7 Å². The van der Waals surface area contributed by atoms with E-state index in [-0.39, 0.29) is 43.4 Å². The number of rotatable bonds is 8. The van der Waals surface area contributed by atoms with Gasteiger partial charge in [-0.15, -0.1) is 11.3 Å². The van der Waals surface area contributed by atoms with Gasteiger partial charge in [0.15, 0.2) is 0 Å². The van der Waals surface area contributed by atoms with E-state index in [1.54, 1.807) is 55.8 Å². The molecule has 1 N–H and O–H groups in total. The lowest BCUT2D eigenvalue weighted by Gasteiger charge is -2.14. The van der Waals surface area contributed by atoms with E-state index in [9.17, 15) is 19.2 Å². The number of likely N-dealkylation sites (tertiary alicyclic amines) is 1. The molecule has 0 saturated carbocycles. The number of amides is 3. The number of ether oxygens (including phenoxy) is 2. The monoisotopic (exact) mass is 492 g/mol. The van der Waals surface area contributed by atoms with Gasteiger partial charge in [-0.05, 0) is 42.3 Å². The average Bonchev–Trinajstić information content (AvgIpc) is 3.43. The van der Waals surface area contributed by atoms with Crippen LogP contribution in [0.2, 0.25) is 0 Å². The molecule has 9 heteroatoms. The van der Waals surface area contributed by atoms with E-state index in [1.807, 2.05) is 12.1 Å². The third kappa shape index (κ3) is 5.25. The summed E-state index contributed by atoms with van der Waals surface area (Å²) in [6.45, 7) is 2.11. The zero-order valence-electron chi connectivity index (χ0n) is 19.3. The van der Waals surface area contributed by atoms with Crippen LogP contribution < -0.4 is 10.1 Å². The Labute approximate surface area is 206 Å². The summed E-state index contributed by atoms with van der Waals surface area (Å²) in [5, 5.41) is 5.01. The molecular weight excluding hydrogens is 468 g/mol. The quantitative estimate of drug-likeness (QED) is 0.367. The number of carbonyl (C=O) groups is 4. The second-order valence-corrected chi connectivity index (χ2v) is 8.71. The van der Waals surface area contributed by atoms with Gasteiger partial charge in [-0.2, -0.15) is 0 Å². The topological polar surface area (TPSA) is 102 Å². The highest BCUT2D eigenvalue weighted by Crippen LogP contribution is 2.37. The molecule has 8 nitrogen and oxygen atoms in total. The van der Waals surface area contributed by atoms with E-state index in [0.717, 1.165) is 11.1 Å². The van der Waals surface area contributed by atoms with Crippen LogP contribution in [0.3, 0.4) is 0 Å². The van der Waals surface area contributed by atoms with Crippen molar-refractivity contribution in [2.24, 2.45) is 0 Å². The summed E-state index contributed by atoms with van der Waals surface area (Å²) in [4.78, 5) is 50.6. The minimum atomic E-state index is -0.523. The first-order valence-electron chi connectivity index (χ1n) is 11.1. The van der Waals surface area contributed by atoms with Gasteiger partial charge < -0.3 is 14.8 Å². The van der Waals surface area contributed by atoms with Crippen LogP contribution in [-0.2, 0) is 20.9 Å². The van der Waals surface area contributed by atoms with Crippen molar-refractivity contribution in [1.29, 1.82) is 0 Å². The maximum absolute atomic E-state index is 12.9. The van der Waals surface area contributed by atoms with Crippen LogP contribution in [-0.4, -0.2) is 42.3 Å². The number of hydrogen-bond acceptors (Lipinski definition) is 7. The van der Waals surface area contributed by atoms with Crippen molar-refractivity contribution in [2.45, 2.75) is 26.3 Å². The van der Waals surface area contributed by atoms with Crippen LogP contribution in [0.4, 0.5) is 5.00 Å². The first kappa shape index (κ1) is 24.2. The molecule has 1 aliphatic heterocycles. The fourth-order valence-electron chi connectivity index (χ4n) is 3.76. The van der Waals surface area contributed by atoms with Crippen molar-refractivity contribution in [3.05, 3.63) is 70.6 Å². The second-order valence-electron chi connectivity index (χ2n) is 7.83. The molecule has 0 unspecified atom stereocenters.